The predicted octanol–water partition coefficient (Wildman–Crippen LogP) is 3.39. The first kappa shape index (κ1) is 21.0. The lowest BCUT2D eigenvalue weighted by Gasteiger charge is -2.16. The topological polar surface area (TPSA) is 108 Å². The van der Waals surface area contributed by atoms with Crippen molar-refractivity contribution in [1.29, 1.82) is 0 Å². The number of hydrogen-bond donors (Lipinski definition) is 4. The fourth-order valence-corrected chi connectivity index (χ4v) is 2.58. The smallest absolute Gasteiger partial charge is 0.330 e. The summed E-state index contributed by atoms with van der Waals surface area (Å²) in [5.41, 5.74) is 3.33. The van der Waals surface area contributed by atoms with E-state index in [1.54, 1.807) is 24.3 Å². The molecule has 2 aromatic rings. The SMILES string of the molecule is Cc1ccc(C(NC(=O)c2ccc(NC(=O)NC(C)C)cc2)C(=O)O)cc1C. The van der Waals surface area contributed by atoms with Crippen LogP contribution in [0.25, 0.3) is 0 Å². The number of amides is 3. The maximum atomic E-state index is 12.5. The van der Waals surface area contributed by atoms with Gasteiger partial charge in [-0.25, -0.2) is 9.59 Å². The van der Waals surface area contributed by atoms with Crippen molar-refractivity contribution in [3.8, 4) is 0 Å². The Labute approximate surface area is 164 Å². The third kappa shape index (κ3) is 5.57. The van der Waals surface area contributed by atoms with E-state index in [9.17, 15) is 19.5 Å². The molecule has 0 aliphatic heterocycles. The summed E-state index contributed by atoms with van der Waals surface area (Å²) in [5, 5.41) is 17.4. The van der Waals surface area contributed by atoms with Crippen LogP contribution in [0.4, 0.5) is 10.5 Å². The quantitative estimate of drug-likeness (QED) is 0.613. The van der Waals surface area contributed by atoms with Crippen molar-refractivity contribution in [1.82, 2.24) is 10.6 Å². The Kier molecular flexibility index (Phi) is 6.76. The predicted molar refractivity (Wildman–Crippen MR) is 107 cm³/mol. The zero-order valence-corrected chi connectivity index (χ0v) is 16.4. The summed E-state index contributed by atoms with van der Waals surface area (Å²) in [6.07, 6.45) is 0. The van der Waals surface area contributed by atoms with Gasteiger partial charge in [0.1, 0.15) is 0 Å². The number of carbonyl (C=O) groups is 3. The second-order valence-electron chi connectivity index (χ2n) is 6.92. The van der Waals surface area contributed by atoms with Gasteiger partial charge in [0.05, 0.1) is 0 Å². The van der Waals surface area contributed by atoms with E-state index in [0.29, 0.717) is 16.8 Å². The first-order valence-electron chi connectivity index (χ1n) is 8.95. The Morgan fingerprint density at radius 1 is 0.893 bits per heavy atom. The molecule has 0 aliphatic rings. The van der Waals surface area contributed by atoms with Gasteiger partial charge >= 0.3 is 12.0 Å². The van der Waals surface area contributed by atoms with Gasteiger partial charge in [0.15, 0.2) is 6.04 Å². The van der Waals surface area contributed by atoms with Crippen LogP contribution < -0.4 is 16.0 Å². The van der Waals surface area contributed by atoms with Crippen LogP contribution in [0.5, 0.6) is 0 Å². The Morgan fingerprint density at radius 3 is 2.07 bits per heavy atom. The lowest BCUT2D eigenvalue weighted by Crippen LogP contribution is -2.34. The van der Waals surface area contributed by atoms with Gasteiger partial charge in [0, 0.05) is 17.3 Å². The van der Waals surface area contributed by atoms with E-state index in [-0.39, 0.29) is 12.1 Å². The minimum absolute atomic E-state index is 0.00316. The van der Waals surface area contributed by atoms with Crippen molar-refractivity contribution < 1.29 is 19.5 Å². The van der Waals surface area contributed by atoms with Crippen molar-refractivity contribution in [3.63, 3.8) is 0 Å². The van der Waals surface area contributed by atoms with E-state index in [1.807, 2.05) is 33.8 Å². The van der Waals surface area contributed by atoms with Crippen LogP contribution in [0, 0.1) is 13.8 Å². The number of aliphatic carboxylic acids is 1. The molecule has 7 heteroatoms. The van der Waals surface area contributed by atoms with Gasteiger partial charge in [-0.05, 0) is 68.7 Å². The third-order valence-electron chi connectivity index (χ3n) is 4.21. The normalized spacial score (nSPS) is 11.6. The highest BCUT2D eigenvalue weighted by Crippen LogP contribution is 2.19. The highest BCUT2D eigenvalue weighted by Gasteiger charge is 2.23. The lowest BCUT2D eigenvalue weighted by molar-refractivity contribution is -0.139. The van der Waals surface area contributed by atoms with E-state index < -0.39 is 17.9 Å². The average Bonchev–Trinajstić information content (AvgIpc) is 2.61. The molecule has 0 aliphatic carbocycles. The summed E-state index contributed by atoms with van der Waals surface area (Å²) in [4.78, 5) is 35.9. The fraction of sp³-hybridized carbons (Fsp3) is 0.286. The first-order chi connectivity index (χ1) is 13.2. The van der Waals surface area contributed by atoms with Crippen LogP contribution in [0.3, 0.4) is 0 Å². The molecule has 0 heterocycles. The third-order valence-corrected chi connectivity index (χ3v) is 4.21. The van der Waals surface area contributed by atoms with Crippen molar-refractivity contribution in [2.45, 2.75) is 39.8 Å². The van der Waals surface area contributed by atoms with Gasteiger partial charge in [-0.15, -0.1) is 0 Å². The number of rotatable bonds is 6. The highest BCUT2D eigenvalue weighted by molar-refractivity contribution is 5.97. The molecular weight excluding hydrogens is 358 g/mol. The Morgan fingerprint density at radius 2 is 1.54 bits per heavy atom. The number of carbonyl (C=O) groups excluding carboxylic acids is 2. The number of hydrogen-bond acceptors (Lipinski definition) is 3. The number of urea groups is 1. The van der Waals surface area contributed by atoms with E-state index in [4.69, 9.17) is 0 Å². The van der Waals surface area contributed by atoms with Gasteiger partial charge in [0.2, 0.25) is 0 Å². The summed E-state index contributed by atoms with van der Waals surface area (Å²) in [5.74, 6) is -1.65. The minimum Gasteiger partial charge on any atom is -0.479 e. The Balaban J connectivity index is 2.10. The number of benzene rings is 2. The molecule has 0 saturated heterocycles. The molecule has 0 bridgehead atoms. The van der Waals surface area contributed by atoms with Crippen LogP contribution in [-0.2, 0) is 4.79 Å². The fourth-order valence-electron chi connectivity index (χ4n) is 2.58. The van der Waals surface area contributed by atoms with E-state index in [2.05, 4.69) is 16.0 Å². The molecular formula is C21H25N3O4. The maximum Gasteiger partial charge on any atom is 0.330 e. The van der Waals surface area contributed by atoms with Crippen molar-refractivity contribution in [3.05, 3.63) is 64.7 Å². The monoisotopic (exact) mass is 383 g/mol. The number of aryl methyl sites for hydroxylation is 2. The number of carboxylic acid groups (broad SMARTS) is 1. The summed E-state index contributed by atoms with van der Waals surface area (Å²) in [7, 11) is 0. The summed E-state index contributed by atoms with van der Waals surface area (Å²) in [6.45, 7) is 7.52. The molecule has 0 spiro atoms. The average molecular weight is 383 g/mol. The van der Waals surface area contributed by atoms with Crippen molar-refractivity contribution in [2.24, 2.45) is 0 Å². The number of anilines is 1. The molecule has 2 aromatic carbocycles. The lowest BCUT2D eigenvalue weighted by atomic mass is 10.0. The molecule has 0 fully saturated rings. The van der Waals surface area contributed by atoms with Gasteiger partial charge in [-0.3, -0.25) is 4.79 Å². The zero-order chi connectivity index (χ0) is 20.8. The second-order valence-corrected chi connectivity index (χ2v) is 6.92. The largest absolute Gasteiger partial charge is 0.479 e. The molecule has 0 radical (unpaired) electrons. The second kappa shape index (κ2) is 9.03. The molecule has 28 heavy (non-hydrogen) atoms. The molecule has 148 valence electrons. The molecule has 2 rings (SSSR count). The van der Waals surface area contributed by atoms with Crippen LogP contribution in [0.2, 0.25) is 0 Å². The van der Waals surface area contributed by atoms with Crippen molar-refractivity contribution >= 4 is 23.6 Å². The number of nitrogens with one attached hydrogen (secondary N) is 3. The van der Waals surface area contributed by atoms with Crippen LogP contribution in [0.1, 0.15) is 46.9 Å². The molecule has 0 saturated carbocycles. The first-order valence-corrected chi connectivity index (χ1v) is 8.95. The highest BCUT2D eigenvalue weighted by atomic mass is 16.4. The summed E-state index contributed by atoms with van der Waals surface area (Å²) >= 11 is 0. The Hall–Kier alpha value is -3.35. The van der Waals surface area contributed by atoms with Crippen LogP contribution in [-0.4, -0.2) is 29.1 Å². The minimum atomic E-state index is -1.15. The molecule has 7 nitrogen and oxygen atoms in total. The summed E-state index contributed by atoms with van der Waals surface area (Å²) < 4.78 is 0. The van der Waals surface area contributed by atoms with Gasteiger partial charge in [-0.2, -0.15) is 0 Å². The zero-order valence-electron chi connectivity index (χ0n) is 16.4. The van der Waals surface area contributed by atoms with E-state index in [0.717, 1.165) is 11.1 Å². The summed E-state index contributed by atoms with van der Waals surface area (Å²) in [6, 6.07) is 10.0. The van der Waals surface area contributed by atoms with Crippen molar-refractivity contribution in [2.75, 3.05) is 5.32 Å². The van der Waals surface area contributed by atoms with E-state index >= 15 is 0 Å². The maximum absolute atomic E-state index is 12.5. The molecule has 0 aromatic heterocycles. The molecule has 3 amide bonds. The van der Waals surface area contributed by atoms with Gasteiger partial charge < -0.3 is 21.1 Å². The van der Waals surface area contributed by atoms with E-state index in [1.165, 1.54) is 12.1 Å². The molecule has 1 unspecified atom stereocenters. The molecule has 4 N–H and O–H groups in total. The van der Waals surface area contributed by atoms with Crippen LogP contribution >= 0.6 is 0 Å². The molecule has 1 atom stereocenters. The van der Waals surface area contributed by atoms with Gasteiger partial charge in [-0.1, -0.05) is 18.2 Å². The Bertz CT molecular complexity index is 876. The van der Waals surface area contributed by atoms with Gasteiger partial charge in [0.25, 0.3) is 5.91 Å². The van der Waals surface area contributed by atoms with Crippen LogP contribution in [0.15, 0.2) is 42.5 Å². The standard InChI is InChI=1S/C21H25N3O4/c1-12(2)22-21(28)23-17-9-7-15(8-10-17)19(25)24-18(20(26)27)16-6-5-13(3)14(4)11-16/h5-12,18H,1-4H3,(H,24,25)(H,26,27)(H2,22,23,28). The number of carboxylic acids is 1.